The van der Waals surface area contributed by atoms with Crippen LogP contribution in [-0.4, -0.2) is 10.5 Å². The van der Waals surface area contributed by atoms with Gasteiger partial charge in [0.05, 0.1) is 5.52 Å². The largest absolute Gasteiger partial charge is 0.446 e. The molecule has 0 bridgehead atoms. The highest BCUT2D eigenvalue weighted by atomic mass is 32.2. The monoisotopic (exact) mass is 229 g/mol. The van der Waals surface area contributed by atoms with Crippen molar-refractivity contribution in [3.05, 3.63) is 36.5 Å². The van der Waals surface area contributed by atoms with E-state index in [1.807, 2.05) is 0 Å². The molecule has 0 atom stereocenters. The first-order valence-electron chi connectivity index (χ1n) is 4.16. The van der Waals surface area contributed by atoms with Crippen molar-refractivity contribution in [1.29, 1.82) is 0 Å². The summed E-state index contributed by atoms with van der Waals surface area (Å²) in [7, 11) is 0. The van der Waals surface area contributed by atoms with Gasteiger partial charge >= 0.3 is 5.51 Å². The first-order valence-corrected chi connectivity index (χ1v) is 4.97. The molecule has 0 N–H and O–H groups in total. The quantitative estimate of drug-likeness (QED) is 0.689. The Balaban J connectivity index is 2.52. The number of benzene rings is 1. The van der Waals surface area contributed by atoms with Crippen LogP contribution in [0.1, 0.15) is 0 Å². The lowest BCUT2D eigenvalue weighted by molar-refractivity contribution is -0.0327. The maximum atomic E-state index is 12.2. The smallest absolute Gasteiger partial charge is 0.256 e. The molecule has 1 aromatic carbocycles. The molecule has 0 fully saturated rings. The van der Waals surface area contributed by atoms with E-state index in [0.29, 0.717) is 10.9 Å². The summed E-state index contributed by atoms with van der Waals surface area (Å²) in [5.74, 6) is 0. The zero-order valence-electron chi connectivity index (χ0n) is 7.45. The number of nitrogens with zero attached hydrogens (tertiary/aromatic N) is 1. The molecule has 0 aliphatic carbocycles. The number of alkyl halides is 3. The normalized spacial score (nSPS) is 11.9. The average Bonchev–Trinajstić information content (AvgIpc) is 2.16. The van der Waals surface area contributed by atoms with Crippen LogP contribution in [0.25, 0.3) is 10.9 Å². The molecule has 78 valence electrons. The second-order valence-corrected chi connectivity index (χ2v) is 3.98. The van der Waals surface area contributed by atoms with Gasteiger partial charge in [-0.15, -0.1) is 0 Å². The van der Waals surface area contributed by atoms with Crippen molar-refractivity contribution >= 4 is 22.7 Å². The van der Waals surface area contributed by atoms with Crippen molar-refractivity contribution in [1.82, 2.24) is 4.98 Å². The molecule has 1 heterocycles. The predicted octanol–water partition coefficient (Wildman–Crippen LogP) is 3.85. The molecule has 0 radical (unpaired) electrons. The van der Waals surface area contributed by atoms with Gasteiger partial charge in [0.25, 0.3) is 0 Å². The molecule has 0 saturated carbocycles. The summed E-state index contributed by atoms with van der Waals surface area (Å²) in [6, 6.07) is 8.15. The molecule has 1 aromatic heterocycles. The molecule has 0 aliphatic rings. The van der Waals surface area contributed by atoms with Crippen LogP contribution in [0.4, 0.5) is 13.2 Å². The van der Waals surface area contributed by atoms with Gasteiger partial charge in [0.2, 0.25) is 0 Å². The molecule has 0 amide bonds. The Morgan fingerprint density at radius 1 is 1.07 bits per heavy atom. The molecule has 5 heteroatoms. The van der Waals surface area contributed by atoms with E-state index >= 15 is 0 Å². The predicted molar refractivity (Wildman–Crippen MR) is 53.7 cm³/mol. The van der Waals surface area contributed by atoms with Crippen LogP contribution in [0.2, 0.25) is 0 Å². The second kappa shape index (κ2) is 3.73. The van der Waals surface area contributed by atoms with Crippen molar-refractivity contribution in [3.63, 3.8) is 0 Å². The van der Waals surface area contributed by atoms with E-state index in [0.717, 1.165) is 0 Å². The van der Waals surface area contributed by atoms with Crippen molar-refractivity contribution in [2.75, 3.05) is 0 Å². The molecular weight excluding hydrogens is 223 g/mol. The molecule has 2 rings (SSSR count). The third-order valence-electron chi connectivity index (χ3n) is 1.83. The molecule has 15 heavy (non-hydrogen) atoms. The maximum absolute atomic E-state index is 12.2. The van der Waals surface area contributed by atoms with Crippen molar-refractivity contribution in [2.24, 2.45) is 0 Å². The average molecular weight is 229 g/mol. The van der Waals surface area contributed by atoms with Gasteiger partial charge < -0.3 is 0 Å². The first kappa shape index (κ1) is 10.3. The molecule has 0 aliphatic heterocycles. The van der Waals surface area contributed by atoms with Crippen LogP contribution in [-0.2, 0) is 0 Å². The highest BCUT2D eigenvalue weighted by Crippen LogP contribution is 2.39. The number of hydrogen-bond donors (Lipinski definition) is 0. The minimum atomic E-state index is -4.26. The number of rotatable bonds is 1. The summed E-state index contributed by atoms with van der Waals surface area (Å²) in [4.78, 5) is 4.18. The minimum Gasteiger partial charge on any atom is -0.256 e. The lowest BCUT2D eigenvalue weighted by Crippen LogP contribution is -1.99. The van der Waals surface area contributed by atoms with E-state index in [1.54, 1.807) is 24.3 Å². The number of fused-ring (bicyclic) bond motifs is 1. The molecule has 2 aromatic rings. The standard InChI is InChI=1S/C10H6F3NS/c11-10(12,13)15-9-5-6-14-8-4-2-1-3-7(8)9/h1-6H. The summed E-state index contributed by atoms with van der Waals surface area (Å²) < 4.78 is 36.6. The molecule has 0 spiro atoms. The lowest BCUT2D eigenvalue weighted by atomic mass is 10.2. The highest BCUT2D eigenvalue weighted by molar-refractivity contribution is 8.00. The van der Waals surface area contributed by atoms with Gasteiger partial charge in [-0.05, 0) is 23.9 Å². The van der Waals surface area contributed by atoms with Crippen LogP contribution in [0, 0.1) is 0 Å². The van der Waals surface area contributed by atoms with E-state index in [1.165, 1.54) is 12.3 Å². The van der Waals surface area contributed by atoms with Crippen molar-refractivity contribution < 1.29 is 13.2 Å². The van der Waals surface area contributed by atoms with E-state index in [-0.39, 0.29) is 16.7 Å². The van der Waals surface area contributed by atoms with Gasteiger partial charge in [0.15, 0.2) is 0 Å². The second-order valence-electron chi connectivity index (χ2n) is 2.87. The SMILES string of the molecule is FC(F)(F)Sc1ccnc2ccccc12. The Labute approximate surface area is 88.3 Å². The Kier molecular flexibility index (Phi) is 2.56. The van der Waals surface area contributed by atoms with E-state index in [9.17, 15) is 13.2 Å². The first-order chi connectivity index (χ1) is 7.06. The van der Waals surface area contributed by atoms with Gasteiger partial charge in [-0.3, -0.25) is 4.98 Å². The zero-order valence-corrected chi connectivity index (χ0v) is 8.27. The van der Waals surface area contributed by atoms with Crippen molar-refractivity contribution in [3.8, 4) is 0 Å². The van der Waals surface area contributed by atoms with E-state index in [2.05, 4.69) is 4.98 Å². The summed E-state index contributed by atoms with van der Waals surface area (Å²) in [5.41, 5.74) is -3.68. The topological polar surface area (TPSA) is 12.9 Å². The summed E-state index contributed by atoms with van der Waals surface area (Å²) in [6.07, 6.45) is 1.39. The Morgan fingerprint density at radius 3 is 2.53 bits per heavy atom. The molecule has 1 nitrogen and oxygen atoms in total. The third-order valence-corrected chi connectivity index (χ3v) is 2.64. The van der Waals surface area contributed by atoms with Gasteiger partial charge in [0.1, 0.15) is 0 Å². The number of para-hydroxylation sites is 1. The third kappa shape index (κ3) is 2.41. The number of thioether (sulfide) groups is 1. The summed E-state index contributed by atoms with van der Waals surface area (Å²) >= 11 is -0.110. The van der Waals surface area contributed by atoms with Gasteiger partial charge in [-0.25, -0.2) is 0 Å². The fraction of sp³-hybridized carbons (Fsp3) is 0.100. The maximum Gasteiger partial charge on any atom is 0.446 e. The Hall–Kier alpha value is -1.23. The van der Waals surface area contributed by atoms with E-state index in [4.69, 9.17) is 0 Å². The van der Waals surface area contributed by atoms with Gasteiger partial charge in [0, 0.05) is 16.5 Å². The number of aromatic nitrogens is 1. The van der Waals surface area contributed by atoms with Crippen LogP contribution < -0.4 is 0 Å². The Morgan fingerprint density at radius 2 is 1.80 bits per heavy atom. The molecule has 0 saturated heterocycles. The lowest BCUT2D eigenvalue weighted by Gasteiger charge is -2.07. The van der Waals surface area contributed by atoms with Crippen LogP contribution in [0.15, 0.2) is 41.4 Å². The van der Waals surface area contributed by atoms with Crippen LogP contribution in [0.5, 0.6) is 0 Å². The molecule has 0 unspecified atom stereocenters. The number of pyridine rings is 1. The highest BCUT2D eigenvalue weighted by Gasteiger charge is 2.29. The molecular formula is C10H6F3NS. The summed E-state index contributed by atoms with van der Waals surface area (Å²) in [5, 5.41) is 0.530. The number of hydrogen-bond acceptors (Lipinski definition) is 2. The summed E-state index contributed by atoms with van der Waals surface area (Å²) in [6.45, 7) is 0. The number of halogens is 3. The van der Waals surface area contributed by atoms with Crippen molar-refractivity contribution in [2.45, 2.75) is 10.4 Å². The fourth-order valence-corrected chi connectivity index (χ4v) is 1.94. The Bertz CT molecular complexity index is 476. The van der Waals surface area contributed by atoms with Crippen LogP contribution in [0.3, 0.4) is 0 Å². The van der Waals surface area contributed by atoms with Gasteiger partial charge in [-0.1, -0.05) is 18.2 Å². The van der Waals surface area contributed by atoms with Gasteiger partial charge in [-0.2, -0.15) is 13.2 Å². The van der Waals surface area contributed by atoms with E-state index < -0.39 is 5.51 Å². The zero-order chi connectivity index (χ0) is 10.9. The minimum absolute atomic E-state index is 0.110. The fourth-order valence-electron chi connectivity index (χ4n) is 1.28. The van der Waals surface area contributed by atoms with Crippen LogP contribution >= 0.6 is 11.8 Å².